The molecule has 0 fully saturated rings. The first-order valence-corrected chi connectivity index (χ1v) is 12.8. The van der Waals surface area contributed by atoms with Crippen LogP contribution in [0.1, 0.15) is 43.7 Å². The lowest BCUT2D eigenvalue weighted by molar-refractivity contribution is 0.0736. The van der Waals surface area contributed by atoms with Crippen LogP contribution in [0.15, 0.2) is 84.9 Å². The highest BCUT2D eigenvalue weighted by Gasteiger charge is 2.22. The molecule has 4 heteroatoms. The van der Waals surface area contributed by atoms with E-state index in [1.807, 2.05) is 107 Å². The SMILES string of the molecule is Cc1cc(C)cc(OC(=O)c2c(C)c(-c3ccc(OCc4ccccc4)cc3)nc3c(C)cc(C)cc23)c1. The molecule has 0 radical (unpaired) electrons. The van der Waals surface area contributed by atoms with Crippen LogP contribution in [0.5, 0.6) is 11.5 Å². The minimum atomic E-state index is -0.381. The molecule has 4 nitrogen and oxygen atoms in total. The number of rotatable bonds is 6. The normalized spacial score (nSPS) is 11.0. The van der Waals surface area contributed by atoms with Crippen molar-refractivity contribution in [3.8, 4) is 22.8 Å². The van der Waals surface area contributed by atoms with Crippen molar-refractivity contribution in [2.75, 3.05) is 0 Å². The number of benzene rings is 4. The van der Waals surface area contributed by atoms with Gasteiger partial charge in [0.1, 0.15) is 18.1 Å². The molecule has 0 amide bonds. The Morgan fingerprint density at radius 3 is 2.08 bits per heavy atom. The van der Waals surface area contributed by atoms with Crippen LogP contribution >= 0.6 is 0 Å². The van der Waals surface area contributed by atoms with E-state index in [0.717, 1.165) is 61.3 Å². The molecular formula is C34H31NO3. The second-order valence-corrected chi connectivity index (χ2v) is 9.95. The Bertz CT molecular complexity index is 1620. The number of pyridine rings is 1. The minimum absolute atomic E-state index is 0.381. The third-order valence-electron chi connectivity index (χ3n) is 6.65. The highest BCUT2D eigenvalue weighted by atomic mass is 16.5. The molecular weight excluding hydrogens is 470 g/mol. The number of carbonyl (C=O) groups is 1. The zero-order valence-electron chi connectivity index (χ0n) is 22.5. The zero-order valence-corrected chi connectivity index (χ0v) is 22.5. The van der Waals surface area contributed by atoms with Gasteiger partial charge in [-0.05, 0) is 105 Å². The molecule has 0 aliphatic rings. The van der Waals surface area contributed by atoms with Gasteiger partial charge < -0.3 is 9.47 Å². The molecule has 0 spiro atoms. The lowest BCUT2D eigenvalue weighted by Crippen LogP contribution is -2.13. The summed E-state index contributed by atoms with van der Waals surface area (Å²) >= 11 is 0. The number of fused-ring (bicyclic) bond motifs is 1. The summed E-state index contributed by atoms with van der Waals surface area (Å²) in [7, 11) is 0. The van der Waals surface area contributed by atoms with Crippen molar-refractivity contribution < 1.29 is 14.3 Å². The maximum absolute atomic E-state index is 13.7. The Kier molecular flexibility index (Phi) is 6.97. The van der Waals surface area contributed by atoms with Gasteiger partial charge in [-0.3, -0.25) is 0 Å². The van der Waals surface area contributed by atoms with E-state index in [1.54, 1.807) is 0 Å². The van der Waals surface area contributed by atoms with Crippen LogP contribution in [0, 0.1) is 34.6 Å². The van der Waals surface area contributed by atoms with Crippen molar-refractivity contribution in [3.63, 3.8) is 0 Å². The number of nitrogens with zero attached hydrogens (tertiary/aromatic N) is 1. The van der Waals surface area contributed by atoms with Crippen molar-refractivity contribution in [2.45, 2.75) is 41.2 Å². The number of hydrogen-bond donors (Lipinski definition) is 0. The number of ether oxygens (including phenoxy) is 2. The summed E-state index contributed by atoms with van der Waals surface area (Å²) in [4.78, 5) is 18.7. The van der Waals surface area contributed by atoms with Crippen LogP contribution in [-0.4, -0.2) is 11.0 Å². The lowest BCUT2D eigenvalue weighted by atomic mass is 9.95. The molecule has 0 saturated carbocycles. The van der Waals surface area contributed by atoms with E-state index in [-0.39, 0.29) is 5.97 Å². The van der Waals surface area contributed by atoms with Gasteiger partial charge in [-0.25, -0.2) is 9.78 Å². The molecule has 0 atom stereocenters. The lowest BCUT2D eigenvalue weighted by Gasteiger charge is -2.16. The molecule has 1 aromatic heterocycles. The first kappa shape index (κ1) is 25.2. The maximum Gasteiger partial charge on any atom is 0.344 e. The van der Waals surface area contributed by atoms with Gasteiger partial charge in [0.25, 0.3) is 0 Å². The molecule has 0 unspecified atom stereocenters. The van der Waals surface area contributed by atoms with Crippen LogP contribution < -0.4 is 9.47 Å². The van der Waals surface area contributed by atoms with Gasteiger partial charge in [0.15, 0.2) is 0 Å². The van der Waals surface area contributed by atoms with Gasteiger partial charge in [0.05, 0.1) is 16.8 Å². The largest absolute Gasteiger partial charge is 0.489 e. The Morgan fingerprint density at radius 2 is 1.39 bits per heavy atom. The number of carbonyl (C=O) groups excluding carboxylic acids is 1. The van der Waals surface area contributed by atoms with Crippen molar-refractivity contribution in [2.24, 2.45) is 0 Å². The molecule has 0 N–H and O–H groups in total. The van der Waals surface area contributed by atoms with E-state index in [9.17, 15) is 4.79 Å². The summed E-state index contributed by atoms with van der Waals surface area (Å²) in [5.41, 5.74) is 9.10. The fraction of sp³-hybridized carbons (Fsp3) is 0.176. The van der Waals surface area contributed by atoms with E-state index in [1.165, 1.54) is 0 Å². The molecule has 38 heavy (non-hydrogen) atoms. The Hall–Kier alpha value is -4.44. The van der Waals surface area contributed by atoms with Crippen LogP contribution in [0.2, 0.25) is 0 Å². The molecule has 0 saturated heterocycles. The molecule has 190 valence electrons. The van der Waals surface area contributed by atoms with Crippen molar-refractivity contribution in [3.05, 3.63) is 124 Å². The Balaban J connectivity index is 1.54. The average molecular weight is 502 g/mol. The van der Waals surface area contributed by atoms with E-state index >= 15 is 0 Å². The van der Waals surface area contributed by atoms with Crippen molar-refractivity contribution in [1.82, 2.24) is 4.98 Å². The van der Waals surface area contributed by atoms with Crippen molar-refractivity contribution in [1.29, 1.82) is 0 Å². The molecule has 5 aromatic rings. The summed E-state index contributed by atoms with van der Waals surface area (Å²) in [5, 5.41) is 0.806. The number of aromatic nitrogens is 1. The van der Waals surface area contributed by atoms with Crippen LogP contribution in [0.4, 0.5) is 0 Å². The number of hydrogen-bond acceptors (Lipinski definition) is 4. The molecule has 1 heterocycles. The maximum atomic E-state index is 13.7. The van der Waals surface area contributed by atoms with Gasteiger partial charge >= 0.3 is 5.97 Å². The summed E-state index contributed by atoms with van der Waals surface area (Å²) in [6, 6.07) is 27.9. The monoisotopic (exact) mass is 501 g/mol. The van der Waals surface area contributed by atoms with Gasteiger partial charge in [0.2, 0.25) is 0 Å². The summed E-state index contributed by atoms with van der Waals surface area (Å²) in [5.74, 6) is 0.939. The topological polar surface area (TPSA) is 48.4 Å². The first-order valence-electron chi connectivity index (χ1n) is 12.8. The molecule has 0 aliphatic carbocycles. The highest BCUT2D eigenvalue weighted by Crippen LogP contribution is 2.33. The van der Waals surface area contributed by atoms with Gasteiger partial charge in [-0.2, -0.15) is 0 Å². The number of aryl methyl sites for hydroxylation is 4. The fourth-order valence-corrected chi connectivity index (χ4v) is 4.96. The summed E-state index contributed by atoms with van der Waals surface area (Å²) in [6.07, 6.45) is 0. The van der Waals surface area contributed by atoms with Gasteiger partial charge in [-0.1, -0.05) is 48.0 Å². The highest BCUT2D eigenvalue weighted by molar-refractivity contribution is 6.08. The Labute approximate surface area is 223 Å². The second kappa shape index (κ2) is 10.5. The van der Waals surface area contributed by atoms with Crippen LogP contribution in [0.3, 0.4) is 0 Å². The smallest absolute Gasteiger partial charge is 0.344 e. The predicted octanol–water partition coefficient (Wildman–Crippen LogP) is 8.24. The average Bonchev–Trinajstić information content (AvgIpc) is 2.87. The fourth-order valence-electron chi connectivity index (χ4n) is 4.96. The summed E-state index contributed by atoms with van der Waals surface area (Å²) < 4.78 is 11.9. The van der Waals surface area contributed by atoms with Crippen LogP contribution in [0.25, 0.3) is 22.2 Å². The van der Waals surface area contributed by atoms with E-state index in [2.05, 4.69) is 12.1 Å². The minimum Gasteiger partial charge on any atom is -0.489 e. The zero-order chi connectivity index (χ0) is 26.8. The molecule has 0 bridgehead atoms. The molecule has 4 aromatic carbocycles. The van der Waals surface area contributed by atoms with Crippen molar-refractivity contribution >= 4 is 16.9 Å². The third kappa shape index (κ3) is 5.30. The van der Waals surface area contributed by atoms with E-state index in [4.69, 9.17) is 14.5 Å². The molecule has 0 aliphatic heterocycles. The van der Waals surface area contributed by atoms with E-state index < -0.39 is 0 Å². The second-order valence-electron chi connectivity index (χ2n) is 9.95. The Morgan fingerprint density at radius 1 is 0.737 bits per heavy atom. The quantitative estimate of drug-likeness (QED) is 0.174. The van der Waals surface area contributed by atoms with Gasteiger partial charge in [0, 0.05) is 10.9 Å². The third-order valence-corrected chi connectivity index (χ3v) is 6.65. The summed E-state index contributed by atoms with van der Waals surface area (Å²) in [6.45, 7) is 10.5. The predicted molar refractivity (Wildman–Crippen MR) is 153 cm³/mol. The van der Waals surface area contributed by atoms with Gasteiger partial charge in [-0.15, -0.1) is 0 Å². The van der Waals surface area contributed by atoms with E-state index in [0.29, 0.717) is 17.9 Å². The van der Waals surface area contributed by atoms with Crippen LogP contribution in [-0.2, 0) is 6.61 Å². The number of esters is 1. The standard InChI is InChI=1S/C34H31NO3/c1-21-15-22(2)18-29(17-21)38-34(36)31-25(5)33(35-32-24(4)16-23(3)19-30(31)32)27-11-13-28(14-12-27)37-20-26-9-7-6-8-10-26/h6-19H,20H2,1-5H3. The first-order chi connectivity index (χ1) is 18.3. The molecule has 5 rings (SSSR count).